The number of cyclic esters (lactones) is 1. The summed E-state index contributed by atoms with van der Waals surface area (Å²) in [5.74, 6) is -0.249. The Kier molecular flexibility index (Phi) is 4.57. The van der Waals surface area contributed by atoms with Crippen LogP contribution in [0.5, 0.6) is 0 Å². The summed E-state index contributed by atoms with van der Waals surface area (Å²) in [6.07, 6.45) is 7.24. The standard InChI is InChI=1S/C28H25N3O3/c32-28-21-9-16(3-4-18(21)14-34-28)24-13-31-27-23(24)11-20(12-30-27)19-8-17-5-7-33-15-25(17)22(10-19)26-2-1-6-29-26/h3-4,8-13,26,29H,1-2,5-7,14-15H2,(H,30,31)/t26-/m0/s1. The molecule has 0 radical (unpaired) electrons. The van der Waals surface area contributed by atoms with Crippen LogP contribution in [-0.2, 0) is 29.1 Å². The molecule has 2 aromatic carbocycles. The average molecular weight is 452 g/mol. The number of nitrogens with one attached hydrogen (secondary N) is 2. The lowest BCUT2D eigenvalue weighted by Gasteiger charge is -2.24. The first-order valence-corrected chi connectivity index (χ1v) is 12.0. The molecule has 7 rings (SSSR count). The number of esters is 1. The van der Waals surface area contributed by atoms with E-state index in [0.717, 1.165) is 59.3 Å². The second-order valence-electron chi connectivity index (χ2n) is 9.43. The quantitative estimate of drug-likeness (QED) is 0.426. The lowest BCUT2D eigenvalue weighted by molar-refractivity contribution is 0.0535. The minimum absolute atomic E-state index is 0.249. The molecule has 0 amide bonds. The maximum Gasteiger partial charge on any atom is 0.338 e. The van der Waals surface area contributed by atoms with Crippen LogP contribution in [0.4, 0.5) is 0 Å². The highest BCUT2D eigenvalue weighted by molar-refractivity contribution is 5.99. The summed E-state index contributed by atoms with van der Waals surface area (Å²) in [5.41, 5.74) is 10.9. The molecule has 170 valence electrons. The van der Waals surface area contributed by atoms with Crippen molar-refractivity contribution in [3.8, 4) is 22.3 Å². The van der Waals surface area contributed by atoms with Gasteiger partial charge in [0.05, 0.1) is 18.8 Å². The van der Waals surface area contributed by atoms with Crippen LogP contribution in [0.15, 0.2) is 48.8 Å². The van der Waals surface area contributed by atoms with E-state index in [1.165, 1.54) is 28.7 Å². The topological polar surface area (TPSA) is 76.2 Å². The lowest BCUT2D eigenvalue weighted by Crippen LogP contribution is -2.19. The zero-order chi connectivity index (χ0) is 22.6. The minimum atomic E-state index is -0.249. The van der Waals surface area contributed by atoms with Crippen LogP contribution in [0.2, 0.25) is 0 Å². The predicted molar refractivity (Wildman–Crippen MR) is 129 cm³/mol. The molecule has 34 heavy (non-hydrogen) atoms. The summed E-state index contributed by atoms with van der Waals surface area (Å²) in [6.45, 7) is 2.89. The second kappa shape index (κ2) is 7.79. The number of fused-ring (bicyclic) bond motifs is 3. The van der Waals surface area contributed by atoms with Crippen LogP contribution in [-0.4, -0.2) is 29.1 Å². The molecule has 0 bridgehead atoms. The molecule has 0 spiro atoms. The summed E-state index contributed by atoms with van der Waals surface area (Å²) in [4.78, 5) is 20.1. The van der Waals surface area contributed by atoms with E-state index in [1.54, 1.807) is 0 Å². The van der Waals surface area contributed by atoms with Crippen LogP contribution in [0, 0.1) is 0 Å². The molecule has 1 fully saturated rings. The van der Waals surface area contributed by atoms with Gasteiger partial charge < -0.3 is 19.8 Å². The van der Waals surface area contributed by atoms with Gasteiger partial charge in [0.2, 0.25) is 0 Å². The van der Waals surface area contributed by atoms with Crippen molar-refractivity contribution in [1.82, 2.24) is 15.3 Å². The van der Waals surface area contributed by atoms with Gasteiger partial charge in [0, 0.05) is 40.5 Å². The Bertz CT molecular complexity index is 1450. The van der Waals surface area contributed by atoms with Crippen molar-refractivity contribution in [2.45, 2.75) is 38.5 Å². The summed E-state index contributed by atoms with van der Waals surface area (Å²) < 4.78 is 11.0. The predicted octanol–water partition coefficient (Wildman–Crippen LogP) is 5.06. The highest BCUT2D eigenvalue weighted by Crippen LogP contribution is 2.37. The number of ether oxygens (including phenoxy) is 2. The monoisotopic (exact) mass is 451 g/mol. The Labute approximate surface area is 197 Å². The number of carbonyl (C=O) groups excluding carboxylic acids is 1. The van der Waals surface area contributed by atoms with Crippen molar-refractivity contribution >= 4 is 17.0 Å². The number of hydrogen-bond acceptors (Lipinski definition) is 5. The first-order chi connectivity index (χ1) is 16.7. The first-order valence-electron chi connectivity index (χ1n) is 12.0. The third-order valence-electron chi connectivity index (χ3n) is 7.44. The van der Waals surface area contributed by atoms with E-state index in [2.05, 4.69) is 34.6 Å². The number of nitrogens with zero attached hydrogens (tertiary/aromatic N) is 1. The SMILES string of the molecule is O=C1OCc2ccc(-c3c[nH]c4ncc(-c5cc6c(c([C@@H]7CCCN7)c5)COCC6)cc34)cc21. The maximum atomic E-state index is 12.1. The Balaban J connectivity index is 1.35. The number of carbonyl (C=O) groups is 1. The number of aromatic amines is 1. The molecule has 0 saturated carbocycles. The van der Waals surface area contributed by atoms with Crippen LogP contribution in [0.1, 0.15) is 51.5 Å². The molecule has 6 heteroatoms. The van der Waals surface area contributed by atoms with Crippen molar-refractivity contribution < 1.29 is 14.3 Å². The number of benzene rings is 2. The molecular formula is C28H25N3O3. The van der Waals surface area contributed by atoms with Gasteiger partial charge in [-0.05, 0) is 71.8 Å². The largest absolute Gasteiger partial charge is 0.457 e. The molecule has 6 nitrogen and oxygen atoms in total. The Hall–Kier alpha value is -3.48. The average Bonchev–Trinajstić information content (AvgIpc) is 3.63. The smallest absolute Gasteiger partial charge is 0.338 e. The van der Waals surface area contributed by atoms with E-state index in [-0.39, 0.29) is 5.97 Å². The molecule has 5 heterocycles. The summed E-state index contributed by atoms with van der Waals surface area (Å²) in [5, 5.41) is 4.71. The van der Waals surface area contributed by atoms with Crippen LogP contribution in [0.25, 0.3) is 33.3 Å². The molecule has 3 aliphatic heterocycles. The molecule has 3 aliphatic rings. The zero-order valence-corrected chi connectivity index (χ0v) is 18.8. The van der Waals surface area contributed by atoms with Crippen molar-refractivity contribution in [2.75, 3.05) is 13.2 Å². The van der Waals surface area contributed by atoms with Gasteiger partial charge in [0.1, 0.15) is 12.3 Å². The Morgan fingerprint density at radius 3 is 2.85 bits per heavy atom. The third-order valence-corrected chi connectivity index (χ3v) is 7.44. The normalized spacial score (nSPS) is 19.3. The van der Waals surface area contributed by atoms with Gasteiger partial charge in [-0.15, -0.1) is 0 Å². The van der Waals surface area contributed by atoms with E-state index in [1.807, 2.05) is 24.5 Å². The van der Waals surface area contributed by atoms with Crippen molar-refractivity contribution in [3.05, 3.63) is 76.6 Å². The number of aromatic nitrogens is 2. The Morgan fingerprint density at radius 2 is 1.94 bits per heavy atom. The van der Waals surface area contributed by atoms with E-state index in [4.69, 9.17) is 14.5 Å². The van der Waals surface area contributed by atoms with Gasteiger partial charge in [0.25, 0.3) is 0 Å². The van der Waals surface area contributed by atoms with Crippen molar-refractivity contribution in [3.63, 3.8) is 0 Å². The molecular weight excluding hydrogens is 426 g/mol. The molecule has 2 N–H and O–H groups in total. The van der Waals surface area contributed by atoms with Crippen LogP contribution in [0.3, 0.4) is 0 Å². The van der Waals surface area contributed by atoms with Gasteiger partial charge in [-0.3, -0.25) is 0 Å². The van der Waals surface area contributed by atoms with E-state index >= 15 is 0 Å². The number of hydrogen-bond donors (Lipinski definition) is 2. The highest BCUT2D eigenvalue weighted by atomic mass is 16.5. The van der Waals surface area contributed by atoms with Crippen LogP contribution < -0.4 is 5.32 Å². The van der Waals surface area contributed by atoms with Gasteiger partial charge in [-0.2, -0.15) is 0 Å². The number of rotatable bonds is 3. The fourth-order valence-electron chi connectivity index (χ4n) is 5.62. The van der Waals surface area contributed by atoms with Gasteiger partial charge in [0.15, 0.2) is 0 Å². The van der Waals surface area contributed by atoms with E-state index in [9.17, 15) is 4.79 Å². The zero-order valence-electron chi connectivity index (χ0n) is 18.8. The van der Waals surface area contributed by atoms with Gasteiger partial charge in [-0.1, -0.05) is 18.2 Å². The lowest BCUT2D eigenvalue weighted by atomic mass is 9.88. The second-order valence-corrected chi connectivity index (χ2v) is 9.43. The highest BCUT2D eigenvalue weighted by Gasteiger charge is 2.25. The first kappa shape index (κ1) is 19.9. The molecule has 1 atom stereocenters. The molecule has 2 aromatic heterocycles. The van der Waals surface area contributed by atoms with E-state index < -0.39 is 0 Å². The number of pyridine rings is 1. The minimum Gasteiger partial charge on any atom is -0.457 e. The summed E-state index contributed by atoms with van der Waals surface area (Å²) in [6, 6.07) is 13.2. The van der Waals surface area contributed by atoms with Crippen molar-refractivity contribution in [2.24, 2.45) is 0 Å². The van der Waals surface area contributed by atoms with Crippen molar-refractivity contribution in [1.29, 1.82) is 0 Å². The summed E-state index contributed by atoms with van der Waals surface area (Å²) >= 11 is 0. The molecule has 1 saturated heterocycles. The molecule has 4 aromatic rings. The van der Waals surface area contributed by atoms with E-state index in [0.29, 0.717) is 24.8 Å². The molecule has 0 aliphatic carbocycles. The Morgan fingerprint density at radius 1 is 0.971 bits per heavy atom. The summed E-state index contributed by atoms with van der Waals surface area (Å²) in [7, 11) is 0. The third kappa shape index (κ3) is 3.17. The molecule has 0 unspecified atom stereocenters. The number of H-pyrrole nitrogens is 1. The van der Waals surface area contributed by atoms with Crippen LogP contribution >= 0.6 is 0 Å². The fourth-order valence-corrected chi connectivity index (χ4v) is 5.62. The fraction of sp³-hybridized carbons (Fsp3) is 0.286. The maximum absolute atomic E-state index is 12.1. The van der Waals surface area contributed by atoms with Gasteiger partial charge in [-0.25, -0.2) is 9.78 Å². The van der Waals surface area contributed by atoms with Gasteiger partial charge >= 0.3 is 5.97 Å².